The van der Waals surface area contributed by atoms with Gasteiger partial charge >= 0.3 is 0 Å². The van der Waals surface area contributed by atoms with Crippen LogP contribution in [-0.4, -0.2) is 30.7 Å². The first kappa shape index (κ1) is 12.6. The fourth-order valence-electron chi connectivity index (χ4n) is 0.948. The first-order chi connectivity index (χ1) is 5.88. The maximum Gasteiger partial charge on any atom is 0.138 e. The van der Waals surface area contributed by atoms with Gasteiger partial charge in [0.25, 0.3) is 0 Å². The first-order valence-electron chi connectivity index (χ1n) is 4.58. The molecule has 0 spiro atoms. The number of carbonyl (C=O) groups excluding carboxylic acids is 1. The van der Waals surface area contributed by atoms with E-state index in [1.807, 2.05) is 20.8 Å². The van der Waals surface area contributed by atoms with Crippen LogP contribution >= 0.6 is 0 Å². The van der Waals surface area contributed by atoms with Crippen LogP contribution < -0.4 is 0 Å². The van der Waals surface area contributed by atoms with Crippen LogP contribution in [0.15, 0.2) is 0 Å². The first-order valence-corrected chi connectivity index (χ1v) is 4.58. The van der Waals surface area contributed by atoms with Gasteiger partial charge < -0.3 is 9.84 Å². The number of ketones is 1. The third-order valence-electron chi connectivity index (χ3n) is 1.90. The molecule has 0 fully saturated rings. The van der Waals surface area contributed by atoms with Crippen molar-refractivity contribution in [2.24, 2.45) is 5.41 Å². The number of aliphatic hydroxyl groups is 1. The molecule has 0 aromatic carbocycles. The van der Waals surface area contributed by atoms with Gasteiger partial charge in [-0.2, -0.15) is 0 Å². The summed E-state index contributed by atoms with van der Waals surface area (Å²) in [5, 5.41) is 9.29. The molecule has 0 aromatic rings. The molecular formula is C10H20O3. The quantitative estimate of drug-likeness (QED) is 0.709. The number of methoxy groups -OCH3 is 1. The van der Waals surface area contributed by atoms with Crippen molar-refractivity contribution >= 4 is 5.78 Å². The van der Waals surface area contributed by atoms with Gasteiger partial charge in [0, 0.05) is 18.9 Å². The zero-order valence-electron chi connectivity index (χ0n) is 8.96. The molecule has 0 aliphatic carbocycles. The smallest absolute Gasteiger partial charge is 0.138 e. The fraction of sp³-hybridized carbons (Fsp3) is 0.900. The maximum atomic E-state index is 11.4. The summed E-state index contributed by atoms with van der Waals surface area (Å²) in [5.74, 6) is 0.183. The molecular weight excluding hydrogens is 168 g/mol. The molecule has 3 heteroatoms. The number of aliphatic hydroxyl groups excluding tert-OH is 1. The molecule has 0 saturated heterocycles. The highest BCUT2D eigenvalue weighted by Crippen LogP contribution is 2.18. The van der Waals surface area contributed by atoms with E-state index in [0.717, 1.165) is 0 Å². The average molecular weight is 188 g/mol. The van der Waals surface area contributed by atoms with E-state index >= 15 is 0 Å². The number of rotatable bonds is 5. The van der Waals surface area contributed by atoms with Gasteiger partial charge in [0.1, 0.15) is 5.78 Å². The Hall–Kier alpha value is -0.410. The van der Waals surface area contributed by atoms with E-state index in [-0.39, 0.29) is 11.2 Å². The Morgan fingerprint density at radius 3 is 2.38 bits per heavy atom. The second-order valence-electron chi connectivity index (χ2n) is 4.32. The van der Waals surface area contributed by atoms with Gasteiger partial charge in [-0.05, 0) is 6.42 Å². The van der Waals surface area contributed by atoms with E-state index in [1.165, 1.54) is 7.11 Å². The van der Waals surface area contributed by atoms with Crippen LogP contribution in [0.5, 0.6) is 0 Å². The summed E-state index contributed by atoms with van der Waals surface area (Å²) in [5.41, 5.74) is -0.299. The lowest BCUT2D eigenvalue weighted by Crippen LogP contribution is -2.23. The van der Waals surface area contributed by atoms with Gasteiger partial charge in [0.15, 0.2) is 0 Å². The second kappa shape index (κ2) is 5.35. The molecule has 0 amide bonds. The fourth-order valence-corrected chi connectivity index (χ4v) is 0.948. The molecule has 78 valence electrons. The molecule has 0 bridgehead atoms. The predicted molar refractivity (Wildman–Crippen MR) is 51.6 cm³/mol. The van der Waals surface area contributed by atoms with Crippen molar-refractivity contribution in [3.63, 3.8) is 0 Å². The summed E-state index contributed by atoms with van der Waals surface area (Å²) in [6, 6.07) is 0. The third-order valence-corrected chi connectivity index (χ3v) is 1.90. The predicted octanol–water partition coefficient (Wildman–Crippen LogP) is 1.39. The third kappa shape index (κ3) is 5.77. The Labute approximate surface area is 80.1 Å². The molecule has 3 nitrogen and oxygen atoms in total. The largest absolute Gasteiger partial charge is 0.391 e. The van der Waals surface area contributed by atoms with Crippen molar-refractivity contribution in [3.8, 4) is 0 Å². The van der Waals surface area contributed by atoms with Crippen LogP contribution in [0.25, 0.3) is 0 Å². The van der Waals surface area contributed by atoms with Crippen LogP contribution in [-0.2, 0) is 9.53 Å². The zero-order chi connectivity index (χ0) is 10.5. The van der Waals surface area contributed by atoms with E-state index < -0.39 is 6.10 Å². The van der Waals surface area contributed by atoms with Crippen molar-refractivity contribution in [2.75, 3.05) is 13.7 Å². The monoisotopic (exact) mass is 188 g/mol. The summed E-state index contributed by atoms with van der Waals surface area (Å²) >= 11 is 0. The SMILES string of the molecule is COCC(O)CCC(=O)C(C)(C)C. The molecule has 0 aromatic heterocycles. The topological polar surface area (TPSA) is 46.5 Å². The summed E-state index contributed by atoms with van der Waals surface area (Å²) < 4.78 is 4.76. The summed E-state index contributed by atoms with van der Waals surface area (Å²) in [4.78, 5) is 11.4. The Kier molecular flexibility index (Phi) is 5.18. The molecule has 0 aliphatic rings. The minimum absolute atomic E-state index is 0.183. The average Bonchev–Trinajstić information content (AvgIpc) is 1.99. The molecule has 0 saturated carbocycles. The molecule has 1 N–H and O–H groups in total. The maximum absolute atomic E-state index is 11.4. The van der Waals surface area contributed by atoms with Gasteiger partial charge in [-0.1, -0.05) is 20.8 Å². The molecule has 13 heavy (non-hydrogen) atoms. The summed E-state index contributed by atoms with van der Waals surface area (Å²) in [6.45, 7) is 5.96. The van der Waals surface area contributed by atoms with Crippen LogP contribution in [0, 0.1) is 5.41 Å². The van der Waals surface area contributed by atoms with E-state index in [9.17, 15) is 9.90 Å². The molecule has 0 rings (SSSR count). The van der Waals surface area contributed by atoms with E-state index in [2.05, 4.69) is 0 Å². The minimum atomic E-state index is -0.517. The zero-order valence-corrected chi connectivity index (χ0v) is 8.96. The highest BCUT2D eigenvalue weighted by molar-refractivity contribution is 5.83. The van der Waals surface area contributed by atoms with E-state index in [1.54, 1.807) is 0 Å². The Bertz CT molecular complexity index is 158. The van der Waals surface area contributed by atoms with Crippen LogP contribution in [0.2, 0.25) is 0 Å². The van der Waals surface area contributed by atoms with Gasteiger partial charge in [-0.15, -0.1) is 0 Å². The van der Waals surface area contributed by atoms with Gasteiger partial charge in [0.05, 0.1) is 12.7 Å². The van der Waals surface area contributed by atoms with Crippen LogP contribution in [0.1, 0.15) is 33.6 Å². The lowest BCUT2D eigenvalue weighted by Gasteiger charge is -2.17. The number of hydrogen-bond acceptors (Lipinski definition) is 3. The molecule has 1 atom stereocenters. The molecule has 1 unspecified atom stereocenters. The van der Waals surface area contributed by atoms with Crippen molar-refractivity contribution in [2.45, 2.75) is 39.7 Å². The van der Waals surface area contributed by atoms with Crippen molar-refractivity contribution in [3.05, 3.63) is 0 Å². The van der Waals surface area contributed by atoms with Crippen LogP contribution in [0.4, 0.5) is 0 Å². The summed E-state index contributed by atoms with van der Waals surface area (Å²) in [6.07, 6.45) is 0.397. The molecule has 0 heterocycles. The minimum Gasteiger partial charge on any atom is -0.391 e. The van der Waals surface area contributed by atoms with Crippen molar-refractivity contribution in [1.29, 1.82) is 0 Å². The standard InChI is InChI=1S/C10H20O3/c1-10(2,3)9(12)6-5-8(11)7-13-4/h8,11H,5-7H2,1-4H3. The Morgan fingerprint density at radius 1 is 1.46 bits per heavy atom. The molecule has 0 radical (unpaired) electrons. The highest BCUT2D eigenvalue weighted by atomic mass is 16.5. The number of Topliss-reactive ketones (excluding diaryl/α,β-unsaturated/α-hetero) is 1. The van der Waals surface area contributed by atoms with Crippen LogP contribution in [0.3, 0.4) is 0 Å². The summed E-state index contributed by atoms with van der Waals surface area (Å²) in [7, 11) is 1.54. The van der Waals surface area contributed by atoms with E-state index in [4.69, 9.17) is 4.74 Å². The lowest BCUT2D eigenvalue weighted by atomic mass is 9.88. The Balaban J connectivity index is 3.71. The van der Waals surface area contributed by atoms with Gasteiger partial charge in [-0.3, -0.25) is 4.79 Å². The van der Waals surface area contributed by atoms with Crippen molar-refractivity contribution in [1.82, 2.24) is 0 Å². The Morgan fingerprint density at radius 2 is 2.00 bits per heavy atom. The van der Waals surface area contributed by atoms with Crippen molar-refractivity contribution < 1.29 is 14.6 Å². The lowest BCUT2D eigenvalue weighted by molar-refractivity contribution is -0.127. The van der Waals surface area contributed by atoms with E-state index in [0.29, 0.717) is 19.4 Å². The second-order valence-corrected chi connectivity index (χ2v) is 4.32. The normalized spacial score (nSPS) is 14.2. The number of carbonyl (C=O) groups is 1. The highest BCUT2D eigenvalue weighted by Gasteiger charge is 2.21. The van der Waals surface area contributed by atoms with Gasteiger partial charge in [0.2, 0.25) is 0 Å². The van der Waals surface area contributed by atoms with Gasteiger partial charge in [-0.25, -0.2) is 0 Å². The number of hydrogen-bond donors (Lipinski definition) is 1. The molecule has 0 aliphatic heterocycles. The number of ether oxygens (including phenoxy) is 1.